The molecule has 1 heterocycles. The highest BCUT2D eigenvalue weighted by atomic mass is 32.1. The highest BCUT2D eigenvalue weighted by Crippen LogP contribution is 2.19. The van der Waals surface area contributed by atoms with Gasteiger partial charge in [-0.1, -0.05) is 19.9 Å². The Kier molecular flexibility index (Phi) is 4.27. The summed E-state index contributed by atoms with van der Waals surface area (Å²) in [4.78, 5) is 16.2. The average Bonchev–Trinajstić information content (AvgIpc) is 2.77. The van der Waals surface area contributed by atoms with Crippen LogP contribution < -0.4 is 5.32 Å². The zero-order valence-electron chi connectivity index (χ0n) is 10.8. The Morgan fingerprint density at radius 3 is 2.89 bits per heavy atom. The number of nitrogens with zero attached hydrogens (tertiary/aromatic N) is 1. The molecule has 0 aliphatic carbocycles. The van der Waals surface area contributed by atoms with Crippen LogP contribution in [0.15, 0.2) is 29.6 Å². The van der Waals surface area contributed by atoms with E-state index in [0.29, 0.717) is 11.6 Å². The van der Waals surface area contributed by atoms with Crippen LogP contribution in [0, 0.1) is 5.82 Å². The Balaban J connectivity index is 1.97. The second-order valence-electron chi connectivity index (χ2n) is 4.57. The number of carbonyl (C=O) groups excluding carboxylic acids is 1. The minimum absolute atomic E-state index is 0.189. The maximum absolute atomic E-state index is 13.0. The SMILES string of the molecule is CC(C)c1nc(CC(=O)Nc2cccc(F)c2)cs1. The first-order chi connectivity index (χ1) is 9.04. The molecule has 5 heteroatoms. The summed E-state index contributed by atoms with van der Waals surface area (Å²) in [7, 11) is 0. The molecule has 100 valence electrons. The summed E-state index contributed by atoms with van der Waals surface area (Å²) in [5.74, 6) is -0.190. The number of hydrogen-bond acceptors (Lipinski definition) is 3. The summed E-state index contributed by atoms with van der Waals surface area (Å²) >= 11 is 1.56. The summed E-state index contributed by atoms with van der Waals surface area (Å²) in [6.07, 6.45) is 0.208. The Hall–Kier alpha value is -1.75. The molecule has 0 fully saturated rings. The van der Waals surface area contributed by atoms with Gasteiger partial charge >= 0.3 is 0 Å². The van der Waals surface area contributed by atoms with Crippen molar-refractivity contribution in [2.45, 2.75) is 26.2 Å². The molecule has 0 bridgehead atoms. The van der Waals surface area contributed by atoms with Crippen molar-refractivity contribution in [2.24, 2.45) is 0 Å². The number of amides is 1. The van der Waals surface area contributed by atoms with Gasteiger partial charge in [0.05, 0.1) is 17.1 Å². The van der Waals surface area contributed by atoms with Crippen molar-refractivity contribution < 1.29 is 9.18 Å². The van der Waals surface area contributed by atoms with Crippen molar-refractivity contribution in [3.05, 3.63) is 46.2 Å². The second kappa shape index (κ2) is 5.93. The first-order valence-corrected chi connectivity index (χ1v) is 6.92. The number of anilines is 1. The van der Waals surface area contributed by atoms with Crippen LogP contribution in [0.2, 0.25) is 0 Å². The lowest BCUT2D eigenvalue weighted by Crippen LogP contribution is -2.14. The fourth-order valence-corrected chi connectivity index (χ4v) is 2.44. The van der Waals surface area contributed by atoms with Crippen molar-refractivity contribution in [2.75, 3.05) is 5.32 Å². The van der Waals surface area contributed by atoms with E-state index in [-0.39, 0.29) is 18.1 Å². The normalized spacial score (nSPS) is 10.7. The van der Waals surface area contributed by atoms with Crippen molar-refractivity contribution in [1.29, 1.82) is 0 Å². The van der Waals surface area contributed by atoms with Gasteiger partial charge in [-0.15, -0.1) is 11.3 Å². The molecule has 0 radical (unpaired) electrons. The van der Waals surface area contributed by atoms with Gasteiger partial charge in [0.1, 0.15) is 5.82 Å². The third-order valence-electron chi connectivity index (χ3n) is 2.51. The lowest BCUT2D eigenvalue weighted by Gasteiger charge is -2.03. The molecule has 0 atom stereocenters. The summed E-state index contributed by atoms with van der Waals surface area (Å²) in [5, 5.41) is 5.57. The smallest absolute Gasteiger partial charge is 0.230 e. The third kappa shape index (κ3) is 3.86. The van der Waals surface area contributed by atoms with Gasteiger partial charge < -0.3 is 5.32 Å². The van der Waals surface area contributed by atoms with Gasteiger partial charge in [0.25, 0.3) is 0 Å². The van der Waals surface area contributed by atoms with Gasteiger partial charge in [-0.25, -0.2) is 9.37 Å². The zero-order valence-corrected chi connectivity index (χ0v) is 11.6. The van der Waals surface area contributed by atoms with Crippen molar-refractivity contribution in [3.63, 3.8) is 0 Å². The Morgan fingerprint density at radius 2 is 2.26 bits per heavy atom. The molecule has 1 N–H and O–H groups in total. The number of thiazole rings is 1. The van der Waals surface area contributed by atoms with Gasteiger partial charge in [0.2, 0.25) is 5.91 Å². The van der Waals surface area contributed by atoms with E-state index in [9.17, 15) is 9.18 Å². The third-order valence-corrected chi connectivity index (χ3v) is 3.71. The molecule has 2 rings (SSSR count). The first-order valence-electron chi connectivity index (χ1n) is 6.04. The number of aromatic nitrogens is 1. The fraction of sp³-hybridized carbons (Fsp3) is 0.286. The van der Waals surface area contributed by atoms with E-state index in [1.54, 1.807) is 23.5 Å². The number of hydrogen-bond donors (Lipinski definition) is 1. The summed E-state index contributed by atoms with van der Waals surface area (Å²) in [6.45, 7) is 4.13. The van der Waals surface area contributed by atoms with Gasteiger partial charge in [-0.3, -0.25) is 4.79 Å². The van der Waals surface area contributed by atoms with Gasteiger partial charge in [-0.2, -0.15) is 0 Å². The molecule has 19 heavy (non-hydrogen) atoms. The van der Waals surface area contributed by atoms with Crippen LogP contribution in [-0.4, -0.2) is 10.9 Å². The van der Waals surface area contributed by atoms with Gasteiger partial charge in [0.15, 0.2) is 0 Å². The van der Waals surface area contributed by atoms with Crippen LogP contribution in [0.5, 0.6) is 0 Å². The highest BCUT2D eigenvalue weighted by molar-refractivity contribution is 7.09. The molecule has 2 aromatic rings. The molecule has 0 spiro atoms. The van der Waals surface area contributed by atoms with Crippen molar-refractivity contribution >= 4 is 22.9 Å². The van der Waals surface area contributed by atoms with Crippen LogP contribution in [0.3, 0.4) is 0 Å². The van der Waals surface area contributed by atoms with Crippen LogP contribution in [0.1, 0.15) is 30.5 Å². The molecule has 0 aliphatic rings. The largest absolute Gasteiger partial charge is 0.326 e. The van der Waals surface area contributed by atoms with E-state index in [0.717, 1.165) is 10.7 Å². The molecular weight excluding hydrogens is 263 g/mol. The minimum atomic E-state index is -0.367. The summed E-state index contributed by atoms with van der Waals surface area (Å²) in [6, 6.07) is 5.84. The molecular formula is C14H15FN2OS. The van der Waals surface area contributed by atoms with Crippen LogP contribution in [0.25, 0.3) is 0 Å². The molecule has 0 unspecified atom stereocenters. The van der Waals surface area contributed by atoms with Crippen LogP contribution in [-0.2, 0) is 11.2 Å². The maximum Gasteiger partial charge on any atom is 0.230 e. The predicted molar refractivity (Wildman–Crippen MR) is 74.9 cm³/mol. The van der Waals surface area contributed by atoms with E-state index in [1.165, 1.54) is 12.1 Å². The van der Waals surface area contributed by atoms with E-state index in [1.807, 2.05) is 5.38 Å². The molecule has 1 aromatic carbocycles. The zero-order chi connectivity index (χ0) is 13.8. The number of halogens is 1. The molecule has 1 aromatic heterocycles. The van der Waals surface area contributed by atoms with Crippen LogP contribution >= 0.6 is 11.3 Å². The Morgan fingerprint density at radius 1 is 1.47 bits per heavy atom. The maximum atomic E-state index is 13.0. The van der Waals surface area contributed by atoms with Gasteiger partial charge in [-0.05, 0) is 18.2 Å². The van der Waals surface area contributed by atoms with E-state index in [4.69, 9.17) is 0 Å². The summed E-state index contributed by atoms with van der Waals surface area (Å²) < 4.78 is 13.0. The number of carbonyl (C=O) groups is 1. The molecule has 3 nitrogen and oxygen atoms in total. The monoisotopic (exact) mass is 278 g/mol. The van der Waals surface area contributed by atoms with E-state index in [2.05, 4.69) is 24.1 Å². The van der Waals surface area contributed by atoms with Crippen molar-refractivity contribution in [3.8, 4) is 0 Å². The average molecular weight is 278 g/mol. The lowest BCUT2D eigenvalue weighted by molar-refractivity contribution is -0.115. The lowest BCUT2D eigenvalue weighted by atomic mass is 10.2. The molecule has 0 saturated heterocycles. The number of rotatable bonds is 4. The molecule has 1 amide bonds. The molecule has 0 aliphatic heterocycles. The Bertz CT molecular complexity index is 580. The topological polar surface area (TPSA) is 42.0 Å². The number of nitrogens with one attached hydrogen (secondary N) is 1. The van der Waals surface area contributed by atoms with Crippen LogP contribution in [0.4, 0.5) is 10.1 Å². The standard InChI is InChI=1S/C14H15FN2OS/c1-9(2)14-17-12(8-19-14)7-13(18)16-11-5-3-4-10(15)6-11/h3-6,8-9H,7H2,1-2H3,(H,16,18). The summed E-state index contributed by atoms with van der Waals surface area (Å²) in [5.41, 5.74) is 1.21. The van der Waals surface area contributed by atoms with E-state index >= 15 is 0 Å². The van der Waals surface area contributed by atoms with Gasteiger partial charge in [0, 0.05) is 17.0 Å². The quantitative estimate of drug-likeness (QED) is 0.928. The Labute approximate surface area is 115 Å². The van der Waals surface area contributed by atoms with Crippen molar-refractivity contribution in [1.82, 2.24) is 4.98 Å². The van der Waals surface area contributed by atoms with E-state index < -0.39 is 0 Å². The minimum Gasteiger partial charge on any atom is -0.326 e. The first kappa shape index (κ1) is 13.7. The highest BCUT2D eigenvalue weighted by Gasteiger charge is 2.10. The predicted octanol–water partition coefficient (Wildman–Crippen LogP) is 3.59. The molecule has 0 saturated carbocycles. The number of benzene rings is 1. The second-order valence-corrected chi connectivity index (χ2v) is 5.46. The fourth-order valence-electron chi connectivity index (χ4n) is 1.60.